The van der Waals surface area contributed by atoms with Crippen LogP contribution in [-0.2, 0) is 11.2 Å². The summed E-state index contributed by atoms with van der Waals surface area (Å²) in [7, 11) is 0. The summed E-state index contributed by atoms with van der Waals surface area (Å²) >= 11 is 0. The molecule has 1 heterocycles. The van der Waals surface area contributed by atoms with Gasteiger partial charge in [0.2, 0.25) is 0 Å². The molecular formula is C16H20FNO3. The summed E-state index contributed by atoms with van der Waals surface area (Å²) in [6.45, 7) is 7.24. The van der Waals surface area contributed by atoms with E-state index >= 15 is 0 Å². The average molecular weight is 293 g/mol. The minimum Gasteiger partial charge on any atom is -0.464 e. The number of furan rings is 1. The molecule has 21 heavy (non-hydrogen) atoms. The van der Waals surface area contributed by atoms with Crippen molar-refractivity contribution in [1.29, 1.82) is 0 Å². The van der Waals surface area contributed by atoms with Crippen molar-refractivity contribution in [1.82, 2.24) is 5.32 Å². The van der Waals surface area contributed by atoms with Gasteiger partial charge < -0.3 is 14.5 Å². The second kappa shape index (κ2) is 5.76. The van der Waals surface area contributed by atoms with Crippen molar-refractivity contribution in [3.05, 3.63) is 35.8 Å². The minimum absolute atomic E-state index is 0.199. The van der Waals surface area contributed by atoms with Crippen molar-refractivity contribution in [2.45, 2.75) is 45.8 Å². The molecular weight excluding hydrogens is 273 g/mol. The summed E-state index contributed by atoms with van der Waals surface area (Å²) in [5.74, 6) is -0.316. The van der Waals surface area contributed by atoms with Gasteiger partial charge >= 0.3 is 6.09 Å². The molecule has 1 N–H and O–H groups in total. The number of rotatable bonds is 3. The number of halogens is 1. The lowest BCUT2D eigenvalue weighted by Gasteiger charge is -2.22. The van der Waals surface area contributed by atoms with Crippen LogP contribution in [0.15, 0.2) is 28.9 Å². The normalized spacial score (nSPS) is 13.2. The number of benzene rings is 1. The van der Waals surface area contributed by atoms with E-state index in [0.29, 0.717) is 12.0 Å². The van der Waals surface area contributed by atoms with Crippen LogP contribution in [0.4, 0.5) is 9.18 Å². The molecule has 1 aromatic heterocycles. The number of fused-ring (bicyclic) bond motifs is 1. The van der Waals surface area contributed by atoms with Crippen LogP contribution < -0.4 is 5.32 Å². The van der Waals surface area contributed by atoms with E-state index in [4.69, 9.17) is 9.15 Å². The maximum atomic E-state index is 13.6. The van der Waals surface area contributed by atoms with Crippen molar-refractivity contribution >= 4 is 17.1 Å². The molecule has 0 aliphatic carbocycles. The number of alkyl carbamates (subject to hydrolysis) is 1. The second-order valence-corrected chi connectivity index (χ2v) is 6.16. The maximum absolute atomic E-state index is 13.6. The Bertz CT molecular complexity index is 642. The van der Waals surface area contributed by atoms with Gasteiger partial charge in [0.15, 0.2) is 0 Å². The van der Waals surface area contributed by atoms with E-state index in [1.807, 2.05) is 6.92 Å². The molecule has 1 aromatic carbocycles. The summed E-state index contributed by atoms with van der Waals surface area (Å²) < 4.78 is 24.1. The van der Waals surface area contributed by atoms with E-state index in [1.165, 1.54) is 18.4 Å². The SMILES string of the molecule is CC(Cc1cc(F)cc2ccoc12)NC(=O)OC(C)(C)C. The van der Waals surface area contributed by atoms with E-state index in [9.17, 15) is 9.18 Å². The lowest BCUT2D eigenvalue weighted by molar-refractivity contribution is 0.0508. The standard InChI is InChI=1S/C16H20FNO3/c1-10(18-15(19)21-16(2,3)4)7-12-9-13(17)8-11-5-6-20-14(11)12/h5-6,8-10H,7H2,1-4H3,(H,18,19). The first-order chi connectivity index (χ1) is 9.74. The number of nitrogens with one attached hydrogen (secondary N) is 1. The molecule has 4 nitrogen and oxygen atoms in total. The molecule has 0 radical (unpaired) electrons. The van der Waals surface area contributed by atoms with Crippen molar-refractivity contribution in [3.63, 3.8) is 0 Å². The van der Waals surface area contributed by atoms with Gasteiger partial charge in [0.1, 0.15) is 17.0 Å². The molecule has 0 bridgehead atoms. The van der Waals surface area contributed by atoms with Gasteiger partial charge in [0.05, 0.1) is 6.26 Å². The summed E-state index contributed by atoms with van der Waals surface area (Å²) in [6, 6.07) is 4.37. The number of hydrogen-bond acceptors (Lipinski definition) is 3. The summed E-state index contributed by atoms with van der Waals surface area (Å²) in [5.41, 5.74) is 0.824. The van der Waals surface area contributed by atoms with Crippen LogP contribution in [0.2, 0.25) is 0 Å². The van der Waals surface area contributed by atoms with E-state index in [2.05, 4.69) is 5.32 Å². The number of hydrogen-bond donors (Lipinski definition) is 1. The molecule has 0 saturated carbocycles. The Morgan fingerprint density at radius 1 is 1.43 bits per heavy atom. The van der Waals surface area contributed by atoms with Crippen molar-refractivity contribution in [2.24, 2.45) is 0 Å². The largest absolute Gasteiger partial charge is 0.464 e. The Morgan fingerprint density at radius 2 is 2.14 bits per heavy atom. The van der Waals surface area contributed by atoms with Crippen LogP contribution in [0, 0.1) is 5.82 Å². The van der Waals surface area contributed by atoms with Crippen molar-refractivity contribution in [2.75, 3.05) is 0 Å². The van der Waals surface area contributed by atoms with Crippen LogP contribution >= 0.6 is 0 Å². The monoisotopic (exact) mass is 293 g/mol. The van der Waals surface area contributed by atoms with Gasteiger partial charge in [-0.05, 0) is 52.3 Å². The first-order valence-electron chi connectivity index (χ1n) is 6.90. The van der Waals surface area contributed by atoms with Crippen LogP contribution in [0.1, 0.15) is 33.3 Å². The van der Waals surface area contributed by atoms with Crippen LogP contribution in [0.25, 0.3) is 11.0 Å². The molecule has 0 aliphatic rings. The predicted octanol–water partition coefficient (Wildman–Crippen LogP) is 4.03. The number of carbonyl (C=O) groups excluding carboxylic acids is 1. The van der Waals surface area contributed by atoms with Gasteiger partial charge in [-0.2, -0.15) is 0 Å². The fourth-order valence-corrected chi connectivity index (χ4v) is 2.16. The van der Waals surface area contributed by atoms with Crippen LogP contribution in [0.5, 0.6) is 0 Å². The summed E-state index contributed by atoms with van der Waals surface area (Å²) in [6.07, 6.45) is 1.50. The molecule has 1 amide bonds. The fraction of sp³-hybridized carbons (Fsp3) is 0.438. The lowest BCUT2D eigenvalue weighted by atomic mass is 10.0. The number of ether oxygens (including phenoxy) is 1. The van der Waals surface area contributed by atoms with Gasteiger partial charge in [0.25, 0.3) is 0 Å². The van der Waals surface area contributed by atoms with E-state index < -0.39 is 11.7 Å². The molecule has 5 heteroatoms. The van der Waals surface area contributed by atoms with Gasteiger partial charge in [-0.25, -0.2) is 9.18 Å². The van der Waals surface area contributed by atoms with Crippen molar-refractivity contribution < 1.29 is 18.3 Å². The smallest absolute Gasteiger partial charge is 0.407 e. The first-order valence-corrected chi connectivity index (χ1v) is 6.90. The Hall–Kier alpha value is -2.04. The van der Waals surface area contributed by atoms with E-state index in [-0.39, 0.29) is 11.9 Å². The molecule has 0 spiro atoms. The third-order valence-electron chi connectivity index (χ3n) is 2.88. The quantitative estimate of drug-likeness (QED) is 0.929. The average Bonchev–Trinajstić information content (AvgIpc) is 2.73. The summed E-state index contributed by atoms with van der Waals surface area (Å²) in [5, 5.41) is 3.45. The Morgan fingerprint density at radius 3 is 2.81 bits per heavy atom. The first kappa shape index (κ1) is 15.4. The lowest BCUT2D eigenvalue weighted by Crippen LogP contribution is -2.38. The third-order valence-corrected chi connectivity index (χ3v) is 2.88. The Labute approximate surface area is 123 Å². The highest BCUT2D eigenvalue weighted by atomic mass is 19.1. The fourth-order valence-electron chi connectivity index (χ4n) is 2.16. The summed E-state index contributed by atoms with van der Waals surface area (Å²) in [4.78, 5) is 11.7. The number of carbonyl (C=O) groups is 1. The molecule has 1 atom stereocenters. The Kier molecular flexibility index (Phi) is 4.21. The Balaban J connectivity index is 2.06. The third kappa shape index (κ3) is 4.21. The predicted molar refractivity (Wildman–Crippen MR) is 78.7 cm³/mol. The van der Waals surface area contributed by atoms with E-state index in [0.717, 1.165) is 10.9 Å². The molecule has 0 fully saturated rings. The second-order valence-electron chi connectivity index (χ2n) is 6.16. The zero-order valence-electron chi connectivity index (χ0n) is 12.7. The van der Waals surface area contributed by atoms with E-state index in [1.54, 1.807) is 26.8 Å². The zero-order chi connectivity index (χ0) is 15.6. The topological polar surface area (TPSA) is 51.5 Å². The van der Waals surface area contributed by atoms with Gasteiger partial charge in [-0.1, -0.05) is 0 Å². The molecule has 114 valence electrons. The van der Waals surface area contributed by atoms with Crippen molar-refractivity contribution in [3.8, 4) is 0 Å². The highest BCUT2D eigenvalue weighted by molar-refractivity contribution is 5.80. The number of amides is 1. The van der Waals surface area contributed by atoms with Crippen LogP contribution in [0.3, 0.4) is 0 Å². The van der Waals surface area contributed by atoms with Gasteiger partial charge in [-0.3, -0.25) is 0 Å². The maximum Gasteiger partial charge on any atom is 0.407 e. The molecule has 0 aliphatic heterocycles. The molecule has 1 unspecified atom stereocenters. The molecule has 2 aromatic rings. The highest BCUT2D eigenvalue weighted by Gasteiger charge is 2.18. The molecule has 0 saturated heterocycles. The highest BCUT2D eigenvalue weighted by Crippen LogP contribution is 2.23. The van der Waals surface area contributed by atoms with Gasteiger partial charge in [0, 0.05) is 17.0 Å². The van der Waals surface area contributed by atoms with Crippen LogP contribution in [-0.4, -0.2) is 17.7 Å². The zero-order valence-corrected chi connectivity index (χ0v) is 12.7. The minimum atomic E-state index is -0.545. The van der Waals surface area contributed by atoms with Gasteiger partial charge in [-0.15, -0.1) is 0 Å². The molecule has 2 rings (SSSR count).